The summed E-state index contributed by atoms with van der Waals surface area (Å²) in [5.74, 6) is 2.13. The second kappa shape index (κ2) is 12.9. The van der Waals surface area contributed by atoms with Gasteiger partial charge in [-0.3, -0.25) is 0 Å². The zero-order valence-electron chi connectivity index (χ0n) is 18.6. The Kier molecular flexibility index (Phi) is 10.2. The summed E-state index contributed by atoms with van der Waals surface area (Å²) in [7, 11) is 3.52. The standard InChI is InChI=1S/C23H35FN4O2/c1-5-7-20(25-3)10-12-26-18(2)27-21-8-9-22(29-4)23(16-21)30-15-6-13-28-14-11-19(24)17-28/h7-10,12,16,19,25H,5-6,11,13-15,17H2,1-4H3,(H,26,27)/b12-10-,20-7-. The number of aliphatic imine (C=N–C) groups is 1. The van der Waals surface area contributed by atoms with Crippen molar-refractivity contribution >= 4 is 11.5 Å². The lowest BCUT2D eigenvalue weighted by molar-refractivity contribution is 0.242. The maximum Gasteiger partial charge on any atom is 0.163 e. The van der Waals surface area contributed by atoms with Gasteiger partial charge in [0.25, 0.3) is 0 Å². The second-order valence-corrected chi connectivity index (χ2v) is 7.23. The first-order chi connectivity index (χ1) is 14.5. The van der Waals surface area contributed by atoms with E-state index in [2.05, 4.69) is 33.5 Å². The molecule has 1 atom stereocenters. The molecular weight excluding hydrogens is 383 g/mol. The number of amidine groups is 1. The Bertz CT molecular complexity index is 749. The van der Waals surface area contributed by atoms with Crippen molar-refractivity contribution in [2.75, 3.05) is 45.7 Å². The minimum absolute atomic E-state index is 0.541. The molecule has 0 spiro atoms. The van der Waals surface area contributed by atoms with E-state index in [-0.39, 0.29) is 0 Å². The van der Waals surface area contributed by atoms with Gasteiger partial charge in [-0.2, -0.15) is 0 Å². The van der Waals surface area contributed by atoms with Crippen molar-refractivity contribution in [3.8, 4) is 11.5 Å². The van der Waals surface area contributed by atoms with Crippen LogP contribution < -0.4 is 20.1 Å². The number of likely N-dealkylation sites (N-methyl/N-ethyl adjacent to an activating group) is 1. The number of nitrogens with one attached hydrogen (secondary N) is 2. The first kappa shape index (κ1) is 23.7. The highest BCUT2D eigenvalue weighted by molar-refractivity contribution is 5.94. The molecule has 0 radical (unpaired) electrons. The Morgan fingerprint density at radius 2 is 2.20 bits per heavy atom. The summed E-state index contributed by atoms with van der Waals surface area (Å²) in [6.45, 7) is 6.78. The molecule has 1 saturated heterocycles. The van der Waals surface area contributed by atoms with Crippen molar-refractivity contribution in [2.45, 2.75) is 39.3 Å². The summed E-state index contributed by atoms with van der Waals surface area (Å²) in [5.41, 5.74) is 1.91. The third kappa shape index (κ3) is 8.06. The Morgan fingerprint density at radius 1 is 1.37 bits per heavy atom. The van der Waals surface area contributed by atoms with Crippen LogP contribution in [0, 0.1) is 0 Å². The quantitative estimate of drug-likeness (QED) is 0.242. The number of benzene rings is 1. The van der Waals surface area contributed by atoms with Crippen LogP contribution in [0.4, 0.5) is 10.1 Å². The van der Waals surface area contributed by atoms with Crippen LogP contribution in [0.5, 0.6) is 11.5 Å². The van der Waals surface area contributed by atoms with Crippen LogP contribution in [0.3, 0.4) is 0 Å². The number of ether oxygens (including phenoxy) is 2. The van der Waals surface area contributed by atoms with Crippen LogP contribution in [0.15, 0.2) is 47.2 Å². The molecule has 6 nitrogen and oxygen atoms in total. The molecule has 2 N–H and O–H groups in total. The van der Waals surface area contributed by atoms with Gasteiger partial charge in [0, 0.05) is 50.3 Å². The van der Waals surface area contributed by atoms with E-state index in [4.69, 9.17) is 9.47 Å². The molecule has 1 aliphatic rings. The number of alkyl halides is 1. The number of methoxy groups -OCH3 is 1. The fourth-order valence-corrected chi connectivity index (χ4v) is 3.27. The normalized spacial score (nSPS) is 18.1. The van der Waals surface area contributed by atoms with E-state index in [0.717, 1.165) is 43.2 Å². The molecule has 0 amide bonds. The maximum absolute atomic E-state index is 13.2. The van der Waals surface area contributed by atoms with Crippen LogP contribution in [0.1, 0.15) is 33.1 Å². The van der Waals surface area contributed by atoms with Crippen LogP contribution in [0.2, 0.25) is 0 Å². The molecule has 2 rings (SSSR count). The van der Waals surface area contributed by atoms with E-state index in [9.17, 15) is 4.39 Å². The zero-order valence-corrected chi connectivity index (χ0v) is 18.6. The fourth-order valence-electron chi connectivity index (χ4n) is 3.27. The highest BCUT2D eigenvalue weighted by Crippen LogP contribution is 2.30. The van der Waals surface area contributed by atoms with Gasteiger partial charge in [-0.15, -0.1) is 0 Å². The SMILES string of the molecule is CC/C=C(/C=C\N=C(C)Nc1ccc(OC)c(OCCCN2CCC(F)C2)c1)NC. The summed E-state index contributed by atoms with van der Waals surface area (Å²) < 4.78 is 24.6. The first-order valence-electron chi connectivity index (χ1n) is 10.6. The van der Waals surface area contributed by atoms with Crippen molar-refractivity contribution in [1.82, 2.24) is 10.2 Å². The van der Waals surface area contributed by atoms with Crippen LogP contribution >= 0.6 is 0 Å². The lowest BCUT2D eigenvalue weighted by Gasteiger charge is -2.16. The van der Waals surface area contributed by atoms with Gasteiger partial charge in [0.15, 0.2) is 11.5 Å². The number of halogens is 1. The average Bonchev–Trinajstić information content (AvgIpc) is 3.15. The van der Waals surface area contributed by atoms with Gasteiger partial charge >= 0.3 is 0 Å². The minimum Gasteiger partial charge on any atom is -0.493 e. The molecule has 1 aliphatic heterocycles. The summed E-state index contributed by atoms with van der Waals surface area (Å²) in [5, 5.41) is 6.39. The van der Waals surface area contributed by atoms with E-state index in [1.165, 1.54) is 0 Å². The number of likely N-dealkylation sites (tertiary alicyclic amines) is 1. The second-order valence-electron chi connectivity index (χ2n) is 7.23. The fraction of sp³-hybridized carbons (Fsp3) is 0.522. The molecule has 1 heterocycles. The largest absolute Gasteiger partial charge is 0.493 e. The number of nitrogens with zero attached hydrogens (tertiary/aromatic N) is 2. The van der Waals surface area contributed by atoms with Crippen molar-refractivity contribution in [3.63, 3.8) is 0 Å². The van der Waals surface area contributed by atoms with E-state index in [1.54, 1.807) is 13.3 Å². The highest BCUT2D eigenvalue weighted by Gasteiger charge is 2.20. The first-order valence-corrected chi connectivity index (χ1v) is 10.6. The van der Waals surface area contributed by atoms with Gasteiger partial charge in [-0.05, 0) is 44.4 Å². The number of anilines is 1. The smallest absolute Gasteiger partial charge is 0.163 e. The Morgan fingerprint density at radius 3 is 2.87 bits per heavy atom. The van der Waals surface area contributed by atoms with Gasteiger partial charge < -0.3 is 25.0 Å². The molecule has 0 bridgehead atoms. The van der Waals surface area contributed by atoms with E-state index >= 15 is 0 Å². The number of rotatable bonds is 11. The Hall–Kier alpha value is -2.54. The lowest BCUT2D eigenvalue weighted by Crippen LogP contribution is -2.23. The number of allylic oxidation sites excluding steroid dienone is 2. The predicted molar refractivity (Wildman–Crippen MR) is 122 cm³/mol. The molecule has 1 unspecified atom stereocenters. The molecule has 7 heteroatoms. The molecule has 166 valence electrons. The third-order valence-corrected chi connectivity index (χ3v) is 4.81. The molecule has 1 aromatic rings. The van der Waals surface area contributed by atoms with Crippen molar-refractivity contribution in [1.29, 1.82) is 0 Å². The van der Waals surface area contributed by atoms with Crippen LogP contribution in [0.25, 0.3) is 0 Å². The van der Waals surface area contributed by atoms with Gasteiger partial charge in [0.2, 0.25) is 0 Å². The van der Waals surface area contributed by atoms with Crippen LogP contribution in [-0.4, -0.2) is 57.3 Å². The van der Waals surface area contributed by atoms with Crippen LogP contribution in [-0.2, 0) is 0 Å². The molecule has 1 aromatic carbocycles. The van der Waals surface area contributed by atoms with Gasteiger partial charge in [0.1, 0.15) is 12.0 Å². The van der Waals surface area contributed by atoms with Gasteiger partial charge in [-0.1, -0.05) is 13.0 Å². The maximum atomic E-state index is 13.2. The molecule has 0 aliphatic carbocycles. The Labute approximate surface area is 179 Å². The minimum atomic E-state index is -0.680. The average molecular weight is 419 g/mol. The Balaban J connectivity index is 1.90. The highest BCUT2D eigenvalue weighted by atomic mass is 19.1. The summed E-state index contributed by atoms with van der Waals surface area (Å²) in [6.07, 6.45) is 7.57. The topological polar surface area (TPSA) is 58.1 Å². The van der Waals surface area contributed by atoms with E-state index in [0.29, 0.717) is 31.1 Å². The summed E-state index contributed by atoms with van der Waals surface area (Å²) in [4.78, 5) is 6.57. The van der Waals surface area contributed by atoms with Crippen molar-refractivity contribution < 1.29 is 13.9 Å². The predicted octanol–water partition coefficient (Wildman–Crippen LogP) is 4.37. The summed E-state index contributed by atoms with van der Waals surface area (Å²) in [6, 6.07) is 5.71. The van der Waals surface area contributed by atoms with Gasteiger partial charge in [-0.25, -0.2) is 9.38 Å². The lowest BCUT2D eigenvalue weighted by atomic mass is 10.2. The monoisotopic (exact) mass is 418 g/mol. The van der Waals surface area contributed by atoms with E-state index in [1.807, 2.05) is 38.2 Å². The summed E-state index contributed by atoms with van der Waals surface area (Å²) >= 11 is 0. The molecule has 0 saturated carbocycles. The number of hydrogen-bond donors (Lipinski definition) is 2. The third-order valence-electron chi connectivity index (χ3n) is 4.81. The molecule has 0 aromatic heterocycles. The van der Waals surface area contributed by atoms with E-state index < -0.39 is 6.17 Å². The zero-order chi connectivity index (χ0) is 21.8. The molecular formula is C23H35FN4O2. The molecule has 30 heavy (non-hydrogen) atoms. The molecule has 1 fully saturated rings. The number of hydrogen-bond acceptors (Lipinski definition) is 5. The van der Waals surface area contributed by atoms with Gasteiger partial charge in [0.05, 0.1) is 13.7 Å². The van der Waals surface area contributed by atoms with Crippen molar-refractivity contribution in [3.05, 3.63) is 42.2 Å². The van der Waals surface area contributed by atoms with Crippen molar-refractivity contribution in [2.24, 2.45) is 4.99 Å².